The number of hydrogen-bond acceptors (Lipinski definition) is 3. The standard InChI is InChI=1S/C14H26N4O/c1-10(2)8-18-9-13(7-15-18)16-12(5)14(19)17(6)11(3)4/h7,9-12,16H,8H2,1-6H3/t12-/m1/s1. The van der Waals surface area contributed by atoms with Gasteiger partial charge in [0.05, 0.1) is 11.9 Å². The summed E-state index contributed by atoms with van der Waals surface area (Å²) in [6, 6.07) is -0.0375. The zero-order valence-corrected chi connectivity index (χ0v) is 12.8. The van der Waals surface area contributed by atoms with Gasteiger partial charge in [0.1, 0.15) is 6.04 Å². The predicted octanol–water partition coefficient (Wildman–Crippen LogP) is 2.21. The molecule has 0 aliphatic rings. The fourth-order valence-electron chi connectivity index (χ4n) is 1.78. The van der Waals surface area contributed by atoms with Crippen molar-refractivity contribution >= 4 is 11.6 Å². The zero-order valence-electron chi connectivity index (χ0n) is 12.8. The highest BCUT2D eigenvalue weighted by molar-refractivity contribution is 5.84. The number of aromatic nitrogens is 2. The number of carbonyl (C=O) groups excluding carboxylic acids is 1. The van der Waals surface area contributed by atoms with Crippen LogP contribution in [0.25, 0.3) is 0 Å². The van der Waals surface area contributed by atoms with Crippen LogP contribution in [0.3, 0.4) is 0 Å². The van der Waals surface area contributed by atoms with E-state index in [1.165, 1.54) is 0 Å². The highest BCUT2D eigenvalue weighted by atomic mass is 16.2. The van der Waals surface area contributed by atoms with Gasteiger partial charge in [0, 0.05) is 25.8 Å². The number of anilines is 1. The molecule has 1 rings (SSSR count). The van der Waals surface area contributed by atoms with Gasteiger partial charge in [0.25, 0.3) is 0 Å². The second kappa shape index (κ2) is 6.59. The fraction of sp³-hybridized carbons (Fsp3) is 0.714. The maximum absolute atomic E-state index is 12.1. The van der Waals surface area contributed by atoms with Gasteiger partial charge in [-0.15, -0.1) is 0 Å². The first-order valence-corrected chi connectivity index (χ1v) is 6.87. The number of likely N-dealkylation sites (N-methyl/N-ethyl adjacent to an activating group) is 1. The van der Waals surface area contributed by atoms with E-state index in [4.69, 9.17) is 0 Å². The molecular formula is C14H26N4O. The zero-order chi connectivity index (χ0) is 14.6. The van der Waals surface area contributed by atoms with Crippen LogP contribution in [-0.4, -0.2) is 39.7 Å². The molecule has 5 nitrogen and oxygen atoms in total. The third-order valence-electron chi connectivity index (χ3n) is 3.06. The molecule has 1 aromatic rings. The van der Waals surface area contributed by atoms with Gasteiger partial charge in [-0.25, -0.2) is 0 Å². The Morgan fingerprint density at radius 3 is 2.53 bits per heavy atom. The molecule has 0 unspecified atom stereocenters. The first kappa shape index (κ1) is 15.5. The normalized spacial score (nSPS) is 12.8. The summed E-state index contributed by atoms with van der Waals surface area (Å²) < 4.78 is 1.90. The molecule has 0 spiro atoms. The molecule has 1 atom stereocenters. The summed E-state index contributed by atoms with van der Waals surface area (Å²) in [5.41, 5.74) is 0.888. The van der Waals surface area contributed by atoms with Gasteiger partial charge >= 0.3 is 0 Å². The third-order valence-corrected chi connectivity index (χ3v) is 3.06. The molecule has 0 bridgehead atoms. The number of nitrogens with zero attached hydrogens (tertiary/aromatic N) is 3. The number of hydrogen-bond donors (Lipinski definition) is 1. The molecule has 1 aromatic heterocycles. The van der Waals surface area contributed by atoms with E-state index < -0.39 is 0 Å². The average Bonchev–Trinajstić information content (AvgIpc) is 2.73. The van der Waals surface area contributed by atoms with E-state index in [-0.39, 0.29) is 18.0 Å². The lowest BCUT2D eigenvalue weighted by atomic mass is 10.2. The Morgan fingerprint density at radius 1 is 1.37 bits per heavy atom. The van der Waals surface area contributed by atoms with Gasteiger partial charge in [-0.3, -0.25) is 9.48 Å². The minimum absolute atomic E-state index is 0.0895. The van der Waals surface area contributed by atoms with Crippen LogP contribution in [0.4, 0.5) is 5.69 Å². The van der Waals surface area contributed by atoms with Gasteiger partial charge in [-0.1, -0.05) is 13.8 Å². The van der Waals surface area contributed by atoms with Crippen LogP contribution in [0, 0.1) is 5.92 Å². The fourth-order valence-corrected chi connectivity index (χ4v) is 1.78. The Hall–Kier alpha value is -1.52. The van der Waals surface area contributed by atoms with Crippen LogP contribution in [0.5, 0.6) is 0 Å². The first-order valence-electron chi connectivity index (χ1n) is 6.87. The minimum Gasteiger partial charge on any atom is -0.371 e. The average molecular weight is 266 g/mol. The second-order valence-electron chi connectivity index (χ2n) is 5.75. The van der Waals surface area contributed by atoms with E-state index in [0.29, 0.717) is 5.92 Å². The van der Waals surface area contributed by atoms with Crippen molar-refractivity contribution in [1.82, 2.24) is 14.7 Å². The van der Waals surface area contributed by atoms with Crippen LogP contribution in [-0.2, 0) is 11.3 Å². The second-order valence-corrected chi connectivity index (χ2v) is 5.75. The topological polar surface area (TPSA) is 50.2 Å². The number of rotatable bonds is 6. The van der Waals surface area contributed by atoms with Crippen molar-refractivity contribution in [2.24, 2.45) is 5.92 Å². The molecule has 1 heterocycles. The van der Waals surface area contributed by atoms with Crippen molar-refractivity contribution in [3.05, 3.63) is 12.4 Å². The quantitative estimate of drug-likeness (QED) is 0.859. The van der Waals surface area contributed by atoms with Crippen molar-refractivity contribution in [1.29, 1.82) is 0 Å². The maximum Gasteiger partial charge on any atom is 0.244 e. The van der Waals surface area contributed by atoms with Gasteiger partial charge < -0.3 is 10.2 Å². The molecule has 5 heteroatoms. The van der Waals surface area contributed by atoms with Crippen molar-refractivity contribution in [2.45, 2.75) is 53.2 Å². The van der Waals surface area contributed by atoms with E-state index >= 15 is 0 Å². The first-order chi connectivity index (χ1) is 8.81. The highest BCUT2D eigenvalue weighted by Gasteiger charge is 2.19. The lowest BCUT2D eigenvalue weighted by molar-refractivity contribution is -0.131. The highest BCUT2D eigenvalue weighted by Crippen LogP contribution is 2.10. The number of nitrogens with one attached hydrogen (secondary N) is 1. The Bertz CT molecular complexity index is 411. The largest absolute Gasteiger partial charge is 0.371 e. The molecule has 0 fully saturated rings. The summed E-state index contributed by atoms with van der Waals surface area (Å²) in [6.45, 7) is 11.1. The summed E-state index contributed by atoms with van der Waals surface area (Å²) in [5.74, 6) is 0.644. The van der Waals surface area contributed by atoms with E-state index in [0.717, 1.165) is 12.2 Å². The van der Waals surface area contributed by atoms with Crippen molar-refractivity contribution in [3.8, 4) is 0 Å². The minimum atomic E-state index is -0.246. The summed E-state index contributed by atoms with van der Waals surface area (Å²) in [7, 11) is 1.83. The number of carbonyl (C=O) groups is 1. The van der Waals surface area contributed by atoms with Gasteiger partial charge in [0.2, 0.25) is 5.91 Å². The molecule has 1 amide bonds. The van der Waals surface area contributed by atoms with Crippen LogP contribution < -0.4 is 5.32 Å². The van der Waals surface area contributed by atoms with Crippen molar-refractivity contribution in [2.75, 3.05) is 12.4 Å². The molecule has 0 radical (unpaired) electrons. The van der Waals surface area contributed by atoms with E-state index in [2.05, 4.69) is 24.3 Å². The Morgan fingerprint density at radius 2 is 2.00 bits per heavy atom. The Labute approximate surface area is 116 Å². The Balaban J connectivity index is 2.59. The molecule has 108 valence electrons. The lowest BCUT2D eigenvalue weighted by Gasteiger charge is -2.25. The SMILES string of the molecule is CC(C)Cn1cc(N[C@H](C)C(=O)N(C)C(C)C)cn1. The lowest BCUT2D eigenvalue weighted by Crippen LogP contribution is -2.42. The summed E-state index contributed by atoms with van der Waals surface area (Å²) >= 11 is 0. The summed E-state index contributed by atoms with van der Waals surface area (Å²) in [5, 5.41) is 7.47. The van der Waals surface area contributed by atoms with Gasteiger partial charge in [-0.2, -0.15) is 5.10 Å². The van der Waals surface area contributed by atoms with Crippen LogP contribution in [0.1, 0.15) is 34.6 Å². The van der Waals surface area contributed by atoms with Crippen LogP contribution in [0.15, 0.2) is 12.4 Å². The van der Waals surface area contributed by atoms with Crippen molar-refractivity contribution < 1.29 is 4.79 Å². The smallest absolute Gasteiger partial charge is 0.244 e. The Kier molecular flexibility index (Phi) is 5.39. The molecule has 0 saturated carbocycles. The third kappa shape index (κ3) is 4.58. The molecular weight excluding hydrogens is 240 g/mol. The molecule has 0 aliphatic heterocycles. The van der Waals surface area contributed by atoms with Crippen LogP contribution >= 0.6 is 0 Å². The van der Waals surface area contributed by atoms with Crippen LogP contribution in [0.2, 0.25) is 0 Å². The monoisotopic (exact) mass is 266 g/mol. The number of amides is 1. The summed E-state index contributed by atoms with van der Waals surface area (Å²) in [6.07, 6.45) is 3.71. The van der Waals surface area contributed by atoms with Gasteiger partial charge in [0.15, 0.2) is 0 Å². The molecule has 1 N–H and O–H groups in total. The van der Waals surface area contributed by atoms with Gasteiger partial charge in [-0.05, 0) is 26.7 Å². The molecule has 19 heavy (non-hydrogen) atoms. The molecule has 0 aliphatic carbocycles. The maximum atomic E-state index is 12.1. The van der Waals surface area contributed by atoms with E-state index in [1.54, 1.807) is 11.1 Å². The predicted molar refractivity (Wildman–Crippen MR) is 78.1 cm³/mol. The molecule has 0 saturated heterocycles. The van der Waals surface area contributed by atoms with Crippen molar-refractivity contribution in [3.63, 3.8) is 0 Å². The van der Waals surface area contributed by atoms with E-state index in [1.807, 2.05) is 38.7 Å². The summed E-state index contributed by atoms with van der Waals surface area (Å²) in [4.78, 5) is 13.9. The van der Waals surface area contributed by atoms with E-state index in [9.17, 15) is 4.79 Å². The molecule has 0 aromatic carbocycles.